The van der Waals surface area contributed by atoms with Crippen LogP contribution in [0.5, 0.6) is 0 Å². The number of esters is 1. The van der Waals surface area contributed by atoms with Crippen LogP contribution in [0.15, 0.2) is 18.6 Å². The molecular formula is C11H15N5O2. The normalized spacial score (nSPS) is 10.5. The van der Waals surface area contributed by atoms with Gasteiger partial charge in [-0.3, -0.25) is 4.79 Å². The van der Waals surface area contributed by atoms with Crippen molar-refractivity contribution >= 4 is 23.3 Å². The molecular weight excluding hydrogens is 234 g/mol. The molecule has 96 valence electrons. The highest BCUT2D eigenvalue weighted by Gasteiger charge is 2.07. The number of imidazole rings is 1. The van der Waals surface area contributed by atoms with Gasteiger partial charge < -0.3 is 20.2 Å². The van der Waals surface area contributed by atoms with E-state index in [1.165, 1.54) is 0 Å². The number of nitrogen functional groups attached to an aromatic ring is 1. The second-order valence-electron chi connectivity index (χ2n) is 3.65. The Bertz CT molecular complexity index is 551. The highest BCUT2D eigenvalue weighted by molar-refractivity contribution is 5.71. The summed E-state index contributed by atoms with van der Waals surface area (Å²) in [6.07, 6.45) is 5.40. The lowest BCUT2D eigenvalue weighted by atomic mass is 10.4. The molecule has 2 aromatic heterocycles. The van der Waals surface area contributed by atoms with Crippen molar-refractivity contribution < 1.29 is 9.53 Å². The molecule has 3 N–H and O–H groups in total. The third kappa shape index (κ3) is 2.68. The van der Waals surface area contributed by atoms with Crippen LogP contribution in [0, 0.1) is 0 Å². The number of anilines is 2. The number of hydrogen-bond acceptors (Lipinski definition) is 6. The molecule has 2 rings (SSSR count). The number of nitrogens with zero attached hydrogens (tertiary/aromatic N) is 3. The van der Waals surface area contributed by atoms with Crippen molar-refractivity contribution in [1.82, 2.24) is 14.4 Å². The van der Waals surface area contributed by atoms with Crippen LogP contribution in [-0.4, -0.2) is 33.5 Å². The SMILES string of the molecule is CCOC(=O)CCNc1nc(N)cn2ccnc12. The van der Waals surface area contributed by atoms with Gasteiger partial charge in [-0.2, -0.15) is 0 Å². The zero-order valence-electron chi connectivity index (χ0n) is 10.1. The van der Waals surface area contributed by atoms with Crippen molar-refractivity contribution in [2.24, 2.45) is 0 Å². The molecule has 2 heterocycles. The van der Waals surface area contributed by atoms with Crippen molar-refractivity contribution in [3.8, 4) is 0 Å². The number of aromatic nitrogens is 3. The van der Waals surface area contributed by atoms with Crippen molar-refractivity contribution in [2.45, 2.75) is 13.3 Å². The lowest BCUT2D eigenvalue weighted by Crippen LogP contribution is -2.13. The van der Waals surface area contributed by atoms with Crippen molar-refractivity contribution in [1.29, 1.82) is 0 Å². The first-order valence-corrected chi connectivity index (χ1v) is 5.69. The Morgan fingerprint density at radius 3 is 3.22 bits per heavy atom. The smallest absolute Gasteiger partial charge is 0.307 e. The van der Waals surface area contributed by atoms with Crippen LogP contribution in [0.3, 0.4) is 0 Å². The van der Waals surface area contributed by atoms with Crippen LogP contribution in [0.4, 0.5) is 11.6 Å². The number of fused-ring (bicyclic) bond motifs is 1. The fourth-order valence-corrected chi connectivity index (χ4v) is 1.59. The van der Waals surface area contributed by atoms with Gasteiger partial charge in [-0.25, -0.2) is 9.97 Å². The second-order valence-corrected chi connectivity index (χ2v) is 3.65. The summed E-state index contributed by atoms with van der Waals surface area (Å²) >= 11 is 0. The van der Waals surface area contributed by atoms with Crippen LogP contribution in [0.1, 0.15) is 13.3 Å². The molecule has 0 aliphatic carbocycles. The zero-order chi connectivity index (χ0) is 13.0. The molecule has 0 aliphatic rings. The van der Waals surface area contributed by atoms with E-state index in [-0.39, 0.29) is 12.4 Å². The number of nitrogens with one attached hydrogen (secondary N) is 1. The van der Waals surface area contributed by atoms with E-state index in [1.54, 1.807) is 29.9 Å². The number of carbonyl (C=O) groups excluding carboxylic acids is 1. The van der Waals surface area contributed by atoms with Crippen molar-refractivity contribution in [2.75, 3.05) is 24.2 Å². The number of carbonyl (C=O) groups is 1. The maximum atomic E-state index is 11.2. The van der Waals surface area contributed by atoms with Gasteiger partial charge in [0.1, 0.15) is 5.82 Å². The number of ether oxygens (including phenoxy) is 1. The topological polar surface area (TPSA) is 94.5 Å². The van der Waals surface area contributed by atoms with Gasteiger partial charge in [0.25, 0.3) is 0 Å². The molecule has 0 atom stereocenters. The molecule has 0 radical (unpaired) electrons. The molecule has 7 nitrogen and oxygen atoms in total. The van der Waals surface area contributed by atoms with E-state index >= 15 is 0 Å². The fraction of sp³-hybridized carbons (Fsp3) is 0.364. The summed E-state index contributed by atoms with van der Waals surface area (Å²) in [7, 11) is 0. The van der Waals surface area contributed by atoms with Gasteiger partial charge in [0, 0.05) is 18.9 Å². The third-order valence-corrected chi connectivity index (χ3v) is 2.32. The van der Waals surface area contributed by atoms with Crippen LogP contribution >= 0.6 is 0 Å². The number of hydrogen-bond donors (Lipinski definition) is 2. The van der Waals surface area contributed by atoms with Crippen molar-refractivity contribution in [3.63, 3.8) is 0 Å². The monoisotopic (exact) mass is 249 g/mol. The average molecular weight is 249 g/mol. The van der Waals surface area contributed by atoms with E-state index in [1.807, 2.05) is 0 Å². The Morgan fingerprint density at radius 2 is 2.44 bits per heavy atom. The summed E-state index contributed by atoms with van der Waals surface area (Å²) in [5.74, 6) is 0.705. The quantitative estimate of drug-likeness (QED) is 0.756. The summed E-state index contributed by atoms with van der Waals surface area (Å²) in [4.78, 5) is 19.5. The number of rotatable bonds is 5. The van der Waals surface area contributed by atoms with E-state index in [9.17, 15) is 4.79 Å². The molecule has 0 spiro atoms. The molecule has 0 saturated carbocycles. The predicted octanol–water partition coefficient (Wildman–Crippen LogP) is 0.677. The third-order valence-electron chi connectivity index (χ3n) is 2.32. The molecule has 2 aromatic rings. The van der Waals surface area contributed by atoms with Gasteiger partial charge in [0.15, 0.2) is 11.5 Å². The van der Waals surface area contributed by atoms with Crippen LogP contribution in [-0.2, 0) is 9.53 Å². The van der Waals surface area contributed by atoms with Gasteiger partial charge in [-0.05, 0) is 6.92 Å². The highest BCUT2D eigenvalue weighted by atomic mass is 16.5. The summed E-state index contributed by atoms with van der Waals surface area (Å²) < 4.78 is 6.60. The Balaban J connectivity index is 2.03. The second kappa shape index (κ2) is 5.35. The minimum absolute atomic E-state index is 0.242. The van der Waals surface area contributed by atoms with Gasteiger partial charge in [-0.1, -0.05) is 0 Å². The first-order chi connectivity index (χ1) is 8.70. The van der Waals surface area contributed by atoms with E-state index < -0.39 is 0 Å². The molecule has 0 aliphatic heterocycles. The average Bonchev–Trinajstić information content (AvgIpc) is 2.77. The predicted molar refractivity (Wildman–Crippen MR) is 67.1 cm³/mol. The largest absolute Gasteiger partial charge is 0.466 e. The Hall–Kier alpha value is -2.31. The highest BCUT2D eigenvalue weighted by Crippen LogP contribution is 2.14. The summed E-state index contributed by atoms with van der Waals surface area (Å²) in [6, 6.07) is 0. The summed E-state index contributed by atoms with van der Waals surface area (Å²) in [6.45, 7) is 2.59. The van der Waals surface area contributed by atoms with Gasteiger partial charge in [0.05, 0.1) is 19.2 Å². The Morgan fingerprint density at radius 1 is 1.61 bits per heavy atom. The lowest BCUT2D eigenvalue weighted by Gasteiger charge is -2.07. The molecule has 0 amide bonds. The summed E-state index contributed by atoms with van der Waals surface area (Å²) in [5, 5.41) is 3.03. The molecule has 0 saturated heterocycles. The fourth-order valence-electron chi connectivity index (χ4n) is 1.59. The lowest BCUT2D eigenvalue weighted by molar-refractivity contribution is -0.142. The van der Waals surface area contributed by atoms with Gasteiger partial charge in [0.2, 0.25) is 0 Å². The standard InChI is InChI=1S/C11H15N5O2/c1-2-18-9(17)3-4-13-10-11-14-5-6-16(11)7-8(12)15-10/h5-7H,2-4,12H2,1H3,(H,13,15). The first kappa shape index (κ1) is 12.2. The maximum absolute atomic E-state index is 11.2. The minimum Gasteiger partial charge on any atom is -0.466 e. The molecule has 0 fully saturated rings. The molecule has 7 heteroatoms. The minimum atomic E-state index is -0.242. The molecule has 0 bridgehead atoms. The maximum Gasteiger partial charge on any atom is 0.307 e. The van der Waals surface area contributed by atoms with Gasteiger partial charge >= 0.3 is 5.97 Å². The number of nitrogens with two attached hydrogens (primary N) is 1. The molecule has 0 aromatic carbocycles. The first-order valence-electron chi connectivity index (χ1n) is 5.69. The Labute approximate surface area is 104 Å². The van der Waals surface area contributed by atoms with E-state index in [4.69, 9.17) is 10.5 Å². The Kier molecular flexibility index (Phi) is 3.61. The van der Waals surface area contributed by atoms with E-state index in [0.717, 1.165) is 0 Å². The van der Waals surface area contributed by atoms with E-state index in [2.05, 4.69) is 15.3 Å². The van der Waals surface area contributed by atoms with Crippen LogP contribution in [0.2, 0.25) is 0 Å². The zero-order valence-corrected chi connectivity index (χ0v) is 10.1. The van der Waals surface area contributed by atoms with Crippen LogP contribution in [0.25, 0.3) is 5.65 Å². The van der Waals surface area contributed by atoms with E-state index in [0.29, 0.717) is 30.4 Å². The molecule has 0 unspecified atom stereocenters. The van der Waals surface area contributed by atoms with Crippen molar-refractivity contribution in [3.05, 3.63) is 18.6 Å². The molecule has 18 heavy (non-hydrogen) atoms. The van der Waals surface area contributed by atoms with Crippen LogP contribution < -0.4 is 11.1 Å². The summed E-state index contributed by atoms with van der Waals surface area (Å²) in [5.41, 5.74) is 6.35. The van der Waals surface area contributed by atoms with Gasteiger partial charge in [-0.15, -0.1) is 0 Å².